The Labute approximate surface area is 198 Å². The lowest BCUT2D eigenvalue weighted by Crippen LogP contribution is -2.36. The van der Waals surface area contributed by atoms with Crippen molar-refractivity contribution in [3.8, 4) is 5.69 Å². The van der Waals surface area contributed by atoms with Crippen molar-refractivity contribution >= 4 is 49.8 Å². The van der Waals surface area contributed by atoms with Crippen LogP contribution in [0.3, 0.4) is 0 Å². The van der Waals surface area contributed by atoms with Crippen LogP contribution >= 0.6 is 23.2 Å². The number of sulfonamides is 1. The first-order valence-electron chi connectivity index (χ1n) is 10.1. The first kappa shape index (κ1) is 21.8. The van der Waals surface area contributed by atoms with Crippen molar-refractivity contribution in [2.24, 2.45) is 0 Å². The van der Waals surface area contributed by atoms with Crippen molar-refractivity contribution in [2.45, 2.75) is 17.7 Å². The molecule has 1 aliphatic heterocycles. The topological polar surface area (TPSA) is 92.2 Å². The molecule has 5 rings (SSSR count). The highest BCUT2D eigenvalue weighted by Crippen LogP contribution is 2.33. The van der Waals surface area contributed by atoms with Crippen LogP contribution in [0, 0.1) is 0 Å². The molecule has 2 heterocycles. The molecule has 0 aliphatic carbocycles. The fourth-order valence-corrected chi connectivity index (χ4v) is 6.11. The van der Waals surface area contributed by atoms with Crippen LogP contribution in [0.4, 0.5) is 5.69 Å². The van der Waals surface area contributed by atoms with E-state index in [0.29, 0.717) is 18.7 Å². The predicted molar refractivity (Wildman–Crippen MR) is 129 cm³/mol. The number of benzene rings is 3. The molecule has 1 aliphatic rings. The Morgan fingerprint density at radius 2 is 1.67 bits per heavy atom. The molecule has 0 fully saturated rings. The van der Waals surface area contributed by atoms with Gasteiger partial charge >= 0.3 is 5.69 Å². The molecule has 1 N–H and O–H groups in total. The maximum atomic E-state index is 13.6. The van der Waals surface area contributed by atoms with Gasteiger partial charge in [-0.05, 0) is 54.8 Å². The number of H-pyrrole nitrogens is 1. The molecule has 0 bridgehead atoms. The lowest BCUT2D eigenvalue weighted by molar-refractivity contribution is 0.586. The number of rotatable bonds is 3. The standard InChI is InChI=1S/C23H17Cl2N3O4S/c24-17-11-10-15(33(31,32)27-12-4-6-14-5-1-2-9-19(14)27)13-20(17)28-22(29)16-7-3-8-18(25)21(16)26-23(28)30/h1-3,5,7-11,13H,4,6,12H2,(H,26,30). The normalized spacial score (nSPS) is 13.8. The summed E-state index contributed by atoms with van der Waals surface area (Å²) in [6.45, 7) is 0.326. The Morgan fingerprint density at radius 1 is 0.879 bits per heavy atom. The van der Waals surface area contributed by atoms with Crippen molar-refractivity contribution < 1.29 is 8.42 Å². The molecule has 33 heavy (non-hydrogen) atoms. The molecule has 0 saturated carbocycles. The Morgan fingerprint density at radius 3 is 2.48 bits per heavy atom. The van der Waals surface area contributed by atoms with Crippen LogP contribution < -0.4 is 15.6 Å². The maximum absolute atomic E-state index is 13.6. The molecular formula is C23H17Cl2N3O4S. The molecule has 0 unspecified atom stereocenters. The highest BCUT2D eigenvalue weighted by Gasteiger charge is 2.30. The van der Waals surface area contributed by atoms with Gasteiger partial charge in [0.1, 0.15) is 0 Å². The molecular weight excluding hydrogens is 485 g/mol. The van der Waals surface area contributed by atoms with E-state index < -0.39 is 21.3 Å². The average molecular weight is 502 g/mol. The van der Waals surface area contributed by atoms with Crippen LogP contribution in [-0.2, 0) is 16.4 Å². The number of halogens is 2. The third kappa shape index (κ3) is 3.55. The Kier molecular flexibility index (Phi) is 5.31. The third-order valence-electron chi connectivity index (χ3n) is 5.70. The summed E-state index contributed by atoms with van der Waals surface area (Å²) < 4.78 is 29.3. The fourth-order valence-electron chi connectivity index (χ4n) is 4.12. The number of aryl methyl sites for hydroxylation is 1. The zero-order valence-corrected chi connectivity index (χ0v) is 19.4. The van der Waals surface area contributed by atoms with Crippen LogP contribution in [0.2, 0.25) is 10.0 Å². The number of aromatic amines is 1. The summed E-state index contributed by atoms with van der Waals surface area (Å²) in [5, 5.41) is 0.457. The lowest BCUT2D eigenvalue weighted by Gasteiger charge is -2.30. The zero-order chi connectivity index (χ0) is 23.3. The number of anilines is 1. The smallest absolute Gasteiger partial charge is 0.305 e. The number of hydrogen-bond donors (Lipinski definition) is 1. The highest BCUT2D eigenvalue weighted by atomic mass is 35.5. The fraction of sp³-hybridized carbons (Fsp3) is 0.130. The van der Waals surface area contributed by atoms with Crippen molar-refractivity contribution in [3.05, 3.63) is 97.1 Å². The Balaban J connectivity index is 1.70. The van der Waals surface area contributed by atoms with Gasteiger partial charge in [0.05, 0.1) is 37.2 Å². The van der Waals surface area contributed by atoms with Crippen LogP contribution in [0.15, 0.2) is 75.1 Å². The summed E-state index contributed by atoms with van der Waals surface area (Å²) in [7, 11) is -3.97. The van der Waals surface area contributed by atoms with E-state index in [2.05, 4.69) is 4.98 Å². The summed E-state index contributed by atoms with van der Waals surface area (Å²) >= 11 is 12.4. The minimum absolute atomic E-state index is 0.0313. The number of nitrogens with zero attached hydrogens (tertiary/aromatic N) is 2. The minimum atomic E-state index is -3.97. The zero-order valence-electron chi connectivity index (χ0n) is 17.1. The van der Waals surface area contributed by atoms with Crippen LogP contribution in [-0.4, -0.2) is 24.5 Å². The van der Waals surface area contributed by atoms with E-state index in [1.165, 1.54) is 28.6 Å². The van der Waals surface area contributed by atoms with Gasteiger partial charge in [-0.3, -0.25) is 9.10 Å². The predicted octanol–water partition coefficient (Wildman–Crippen LogP) is 4.13. The Hall–Kier alpha value is -3.07. The van der Waals surface area contributed by atoms with Gasteiger partial charge in [0.2, 0.25) is 0 Å². The third-order valence-corrected chi connectivity index (χ3v) is 8.14. The molecule has 10 heteroatoms. The van der Waals surface area contributed by atoms with Crippen LogP contribution in [0.1, 0.15) is 12.0 Å². The molecule has 7 nitrogen and oxygen atoms in total. The molecule has 168 valence electrons. The molecule has 4 aromatic rings. The first-order chi connectivity index (χ1) is 15.8. The van der Waals surface area contributed by atoms with E-state index in [-0.39, 0.29) is 31.5 Å². The highest BCUT2D eigenvalue weighted by molar-refractivity contribution is 7.92. The molecule has 0 amide bonds. The van der Waals surface area contributed by atoms with E-state index in [1.54, 1.807) is 24.3 Å². The van der Waals surface area contributed by atoms with E-state index in [4.69, 9.17) is 23.2 Å². The molecule has 0 radical (unpaired) electrons. The number of fused-ring (bicyclic) bond motifs is 2. The van der Waals surface area contributed by atoms with Gasteiger partial charge in [-0.1, -0.05) is 47.5 Å². The van der Waals surface area contributed by atoms with E-state index in [1.807, 2.05) is 12.1 Å². The molecule has 3 aromatic carbocycles. The van der Waals surface area contributed by atoms with Gasteiger partial charge in [-0.15, -0.1) is 0 Å². The largest absolute Gasteiger partial charge is 0.333 e. The van der Waals surface area contributed by atoms with Gasteiger partial charge < -0.3 is 4.98 Å². The molecule has 1 aromatic heterocycles. The summed E-state index contributed by atoms with van der Waals surface area (Å²) in [5.74, 6) is 0. The summed E-state index contributed by atoms with van der Waals surface area (Å²) in [4.78, 5) is 28.5. The van der Waals surface area contributed by atoms with E-state index in [0.717, 1.165) is 16.6 Å². The first-order valence-corrected chi connectivity index (χ1v) is 12.3. The van der Waals surface area contributed by atoms with Crippen molar-refractivity contribution in [1.82, 2.24) is 9.55 Å². The quantitative estimate of drug-likeness (QED) is 0.456. The monoisotopic (exact) mass is 501 g/mol. The second-order valence-electron chi connectivity index (χ2n) is 7.66. The van der Waals surface area contributed by atoms with Gasteiger partial charge in [0, 0.05) is 6.54 Å². The van der Waals surface area contributed by atoms with E-state index >= 15 is 0 Å². The average Bonchev–Trinajstić information content (AvgIpc) is 2.80. The number of para-hydroxylation sites is 2. The summed E-state index contributed by atoms with van der Waals surface area (Å²) in [6, 6.07) is 16.0. The maximum Gasteiger partial charge on any atom is 0.333 e. The van der Waals surface area contributed by atoms with Gasteiger partial charge in [0.15, 0.2) is 0 Å². The van der Waals surface area contributed by atoms with Crippen LogP contribution in [0.25, 0.3) is 16.6 Å². The number of nitrogens with one attached hydrogen (secondary N) is 1. The van der Waals surface area contributed by atoms with Gasteiger partial charge in [0.25, 0.3) is 15.6 Å². The lowest BCUT2D eigenvalue weighted by atomic mass is 10.0. The van der Waals surface area contributed by atoms with Gasteiger partial charge in [-0.2, -0.15) is 0 Å². The van der Waals surface area contributed by atoms with Crippen molar-refractivity contribution in [2.75, 3.05) is 10.8 Å². The summed E-state index contributed by atoms with van der Waals surface area (Å²) in [5.41, 5.74) is 0.305. The van der Waals surface area contributed by atoms with E-state index in [9.17, 15) is 18.0 Å². The summed E-state index contributed by atoms with van der Waals surface area (Å²) in [6.07, 6.45) is 1.47. The molecule has 0 saturated heterocycles. The van der Waals surface area contributed by atoms with Gasteiger partial charge in [-0.25, -0.2) is 17.8 Å². The Bertz CT molecular complexity index is 1640. The number of aromatic nitrogens is 2. The molecule has 0 atom stereocenters. The number of hydrogen-bond acceptors (Lipinski definition) is 4. The van der Waals surface area contributed by atoms with Crippen LogP contribution in [0.5, 0.6) is 0 Å². The van der Waals surface area contributed by atoms with Crippen molar-refractivity contribution in [3.63, 3.8) is 0 Å². The molecule has 0 spiro atoms. The minimum Gasteiger partial charge on any atom is -0.305 e. The second kappa shape index (κ2) is 8.06. The van der Waals surface area contributed by atoms with Crippen molar-refractivity contribution in [1.29, 1.82) is 0 Å². The SMILES string of the molecule is O=c1[nH]c2c(Cl)cccc2c(=O)n1-c1cc(S(=O)(=O)N2CCCc3ccccc32)ccc1Cl. The second-order valence-corrected chi connectivity index (χ2v) is 10.3.